The first-order valence-electron chi connectivity index (χ1n) is 7.96. The first-order valence-corrected chi connectivity index (χ1v) is 7.96. The largest absolute Gasteiger partial charge is 0.422 e. The van der Waals surface area contributed by atoms with Gasteiger partial charge in [-0.2, -0.15) is 0 Å². The van der Waals surface area contributed by atoms with E-state index in [2.05, 4.69) is 19.2 Å². The van der Waals surface area contributed by atoms with Crippen LogP contribution in [0.1, 0.15) is 49.9 Å². The summed E-state index contributed by atoms with van der Waals surface area (Å²) in [4.78, 5) is 24.2. The molecule has 0 aliphatic rings. The molecule has 1 aromatic heterocycles. The molecule has 0 spiro atoms. The first kappa shape index (κ1) is 16.3. The lowest BCUT2D eigenvalue weighted by atomic mass is 9.99. The van der Waals surface area contributed by atoms with Gasteiger partial charge in [0.15, 0.2) is 0 Å². The fourth-order valence-corrected chi connectivity index (χ4v) is 2.50. The molecule has 0 saturated heterocycles. The Bertz CT molecular complexity index is 690. The van der Waals surface area contributed by atoms with Crippen molar-refractivity contribution in [2.45, 2.75) is 39.5 Å². The molecule has 1 amide bonds. The molecule has 0 unspecified atom stereocenters. The molecule has 1 N–H and O–H groups in total. The monoisotopic (exact) mass is 301 g/mol. The van der Waals surface area contributed by atoms with Gasteiger partial charge < -0.3 is 9.73 Å². The van der Waals surface area contributed by atoms with Crippen LogP contribution in [0.15, 0.2) is 39.5 Å². The van der Waals surface area contributed by atoms with E-state index < -0.39 is 5.63 Å². The number of hydrogen-bond acceptors (Lipinski definition) is 3. The van der Waals surface area contributed by atoms with Crippen molar-refractivity contribution in [2.24, 2.45) is 5.92 Å². The Labute approximate surface area is 130 Å². The summed E-state index contributed by atoms with van der Waals surface area (Å²) in [5.74, 6) is 0.103. The van der Waals surface area contributed by atoms with E-state index >= 15 is 0 Å². The van der Waals surface area contributed by atoms with Crippen molar-refractivity contribution in [3.63, 3.8) is 0 Å². The molecule has 22 heavy (non-hydrogen) atoms. The Hall–Kier alpha value is -2.10. The summed E-state index contributed by atoms with van der Waals surface area (Å²) in [7, 11) is 0. The van der Waals surface area contributed by atoms with E-state index in [-0.39, 0.29) is 11.5 Å². The lowest BCUT2D eigenvalue weighted by molar-refractivity contribution is 0.0942. The zero-order valence-corrected chi connectivity index (χ0v) is 13.2. The minimum Gasteiger partial charge on any atom is -0.422 e. The number of hydrogen-bond donors (Lipinski definition) is 1. The summed E-state index contributed by atoms with van der Waals surface area (Å²) in [6.45, 7) is 4.88. The number of fused-ring (bicyclic) bond motifs is 1. The third-order valence-corrected chi connectivity index (χ3v) is 3.98. The second-order valence-electron chi connectivity index (χ2n) is 5.61. The molecule has 4 heteroatoms. The van der Waals surface area contributed by atoms with Gasteiger partial charge in [0.1, 0.15) is 11.1 Å². The molecule has 0 bridgehead atoms. The standard InChI is InChI=1S/C18H23NO3/c1-3-5-8-13(4-2)12-19-17(20)15-11-14-9-6-7-10-16(14)22-18(15)21/h6-7,9-11,13H,3-5,8,12H2,1-2H3,(H,19,20)/t13-/m1/s1. The van der Waals surface area contributed by atoms with Crippen molar-refractivity contribution in [3.05, 3.63) is 46.3 Å². The van der Waals surface area contributed by atoms with E-state index in [0.29, 0.717) is 18.0 Å². The Morgan fingerprint density at radius 2 is 2.05 bits per heavy atom. The summed E-state index contributed by atoms with van der Waals surface area (Å²) in [6.07, 6.45) is 4.43. The first-order chi connectivity index (χ1) is 10.7. The SMILES string of the molecule is CCCC[C@@H](CC)CNC(=O)c1cc2ccccc2oc1=O. The highest BCUT2D eigenvalue weighted by atomic mass is 16.4. The van der Waals surface area contributed by atoms with Gasteiger partial charge in [0.05, 0.1) is 0 Å². The van der Waals surface area contributed by atoms with Gasteiger partial charge in [-0.05, 0) is 24.5 Å². The number of para-hydroxylation sites is 1. The molecule has 1 atom stereocenters. The number of amides is 1. The van der Waals surface area contributed by atoms with Crippen LogP contribution < -0.4 is 10.9 Å². The van der Waals surface area contributed by atoms with Crippen molar-refractivity contribution >= 4 is 16.9 Å². The summed E-state index contributed by atoms with van der Waals surface area (Å²) in [5.41, 5.74) is -0.0136. The van der Waals surface area contributed by atoms with Crippen molar-refractivity contribution < 1.29 is 9.21 Å². The third kappa shape index (κ3) is 3.97. The topological polar surface area (TPSA) is 59.3 Å². The van der Waals surface area contributed by atoms with Crippen LogP contribution >= 0.6 is 0 Å². The summed E-state index contributed by atoms with van der Waals surface area (Å²) < 4.78 is 5.20. The van der Waals surface area contributed by atoms with Gasteiger partial charge in [0.2, 0.25) is 0 Å². The van der Waals surface area contributed by atoms with E-state index in [9.17, 15) is 9.59 Å². The third-order valence-electron chi connectivity index (χ3n) is 3.98. The van der Waals surface area contributed by atoms with Gasteiger partial charge in [-0.1, -0.05) is 51.3 Å². The van der Waals surface area contributed by atoms with Gasteiger partial charge >= 0.3 is 5.63 Å². The van der Waals surface area contributed by atoms with E-state index in [0.717, 1.165) is 31.1 Å². The van der Waals surface area contributed by atoms with Crippen LogP contribution in [-0.2, 0) is 0 Å². The summed E-state index contributed by atoms with van der Waals surface area (Å²) in [6, 6.07) is 8.79. The Kier molecular flexibility index (Phi) is 5.75. The van der Waals surface area contributed by atoms with Crippen LogP contribution in [0.5, 0.6) is 0 Å². The second kappa shape index (κ2) is 7.78. The summed E-state index contributed by atoms with van der Waals surface area (Å²) in [5, 5.41) is 3.62. The Balaban J connectivity index is 2.09. The number of benzene rings is 1. The molecule has 0 aliphatic heterocycles. The van der Waals surface area contributed by atoms with Gasteiger partial charge in [-0.25, -0.2) is 4.79 Å². The van der Waals surface area contributed by atoms with Crippen molar-refractivity contribution in [3.8, 4) is 0 Å². The van der Waals surface area contributed by atoms with Gasteiger partial charge in [-0.15, -0.1) is 0 Å². The molecule has 0 saturated carbocycles. The highest BCUT2D eigenvalue weighted by molar-refractivity contribution is 5.96. The number of rotatable bonds is 7. The van der Waals surface area contributed by atoms with E-state index in [1.807, 2.05) is 12.1 Å². The maximum atomic E-state index is 12.2. The number of unbranched alkanes of at least 4 members (excludes halogenated alkanes) is 1. The molecule has 1 aromatic carbocycles. The van der Waals surface area contributed by atoms with Gasteiger partial charge in [0, 0.05) is 11.9 Å². The second-order valence-corrected chi connectivity index (χ2v) is 5.61. The average molecular weight is 301 g/mol. The van der Waals surface area contributed by atoms with Crippen molar-refractivity contribution in [2.75, 3.05) is 6.54 Å². The molecule has 0 fully saturated rings. The smallest absolute Gasteiger partial charge is 0.349 e. The minimum atomic E-state index is -0.585. The maximum Gasteiger partial charge on any atom is 0.349 e. The molecular weight excluding hydrogens is 278 g/mol. The Morgan fingerprint density at radius 1 is 1.27 bits per heavy atom. The van der Waals surface area contributed by atoms with Crippen LogP contribution in [-0.4, -0.2) is 12.5 Å². The molecule has 0 radical (unpaired) electrons. The number of nitrogens with one attached hydrogen (secondary N) is 1. The van der Waals surface area contributed by atoms with Crippen LogP contribution in [0.4, 0.5) is 0 Å². The summed E-state index contributed by atoms with van der Waals surface area (Å²) >= 11 is 0. The molecule has 4 nitrogen and oxygen atoms in total. The fraction of sp³-hybridized carbons (Fsp3) is 0.444. The maximum absolute atomic E-state index is 12.2. The highest BCUT2D eigenvalue weighted by Crippen LogP contribution is 2.14. The zero-order valence-electron chi connectivity index (χ0n) is 13.2. The normalized spacial score (nSPS) is 12.3. The molecule has 118 valence electrons. The van der Waals surface area contributed by atoms with E-state index in [4.69, 9.17) is 4.42 Å². The number of carbonyl (C=O) groups excluding carboxylic acids is 1. The molecule has 2 aromatic rings. The average Bonchev–Trinajstić information content (AvgIpc) is 2.54. The lowest BCUT2D eigenvalue weighted by Crippen LogP contribution is -2.32. The highest BCUT2D eigenvalue weighted by Gasteiger charge is 2.15. The van der Waals surface area contributed by atoms with Crippen molar-refractivity contribution in [1.82, 2.24) is 5.32 Å². The predicted octanol–water partition coefficient (Wildman–Crippen LogP) is 3.74. The molecule has 0 aliphatic carbocycles. The predicted molar refractivity (Wildman–Crippen MR) is 88.1 cm³/mol. The fourth-order valence-electron chi connectivity index (χ4n) is 2.50. The number of carbonyl (C=O) groups is 1. The van der Waals surface area contributed by atoms with Crippen LogP contribution in [0.3, 0.4) is 0 Å². The van der Waals surface area contributed by atoms with Crippen molar-refractivity contribution in [1.29, 1.82) is 0 Å². The van der Waals surface area contributed by atoms with E-state index in [1.54, 1.807) is 18.2 Å². The minimum absolute atomic E-state index is 0.0732. The zero-order chi connectivity index (χ0) is 15.9. The van der Waals surface area contributed by atoms with Gasteiger partial charge in [-0.3, -0.25) is 4.79 Å². The molecular formula is C18H23NO3. The molecule has 1 heterocycles. The van der Waals surface area contributed by atoms with E-state index in [1.165, 1.54) is 0 Å². The Morgan fingerprint density at radius 3 is 2.77 bits per heavy atom. The van der Waals surface area contributed by atoms with Gasteiger partial charge in [0.25, 0.3) is 5.91 Å². The molecule has 2 rings (SSSR count). The quantitative estimate of drug-likeness (QED) is 0.793. The lowest BCUT2D eigenvalue weighted by Gasteiger charge is -2.15. The van der Waals surface area contributed by atoms with Crippen LogP contribution in [0, 0.1) is 5.92 Å². The van der Waals surface area contributed by atoms with Crippen LogP contribution in [0.25, 0.3) is 11.0 Å². The van der Waals surface area contributed by atoms with Crippen LogP contribution in [0.2, 0.25) is 0 Å².